The van der Waals surface area contributed by atoms with Crippen LogP contribution in [0.5, 0.6) is 5.75 Å². The maximum Gasteiger partial charge on any atom is 0.337 e. The first-order chi connectivity index (χ1) is 9.73. The van der Waals surface area contributed by atoms with Crippen molar-refractivity contribution in [2.24, 2.45) is 17.0 Å². The number of sulfonamides is 1. The highest BCUT2D eigenvalue weighted by Crippen LogP contribution is 2.17. The lowest BCUT2D eigenvalue weighted by molar-refractivity contribution is 0.0600. The summed E-state index contributed by atoms with van der Waals surface area (Å²) in [6, 6.07) is 6.46. The van der Waals surface area contributed by atoms with Gasteiger partial charge in [0.1, 0.15) is 5.75 Å². The molecule has 0 aliphatic carbocycles. The first-order valence-electron chi connectivity index (χ1n) is 6.54. The van der Waals surface area contributed by atoms with E-state index in [1.165, 1.54) is 7.11 Å². The van der Waals surface area contributed by atoms with Crippen LogP contribution in [-0.4, -0.2) is 33.9 Å². The Balaban J connectivity index is 2.66. The van der Waals surface area contributed by atoms with Gasteiger partial charge in [-0.2, -0.15) is 0 Å². The van der Waals surface area contributed by atoms with Gasteiger partial charge in [0.2, 0.25) is 10.0 Å². The lowest BCUT2D eigenvalue weighted by Gasteiger charge is -2.20. The summed E-state index contributed by atoms with van der Waals surface area (Å²) in [6.07, 6.45) is 0. The van der Waals surface area contributed by atoms with Crippen LogP contribution in [0, 0.1) is 11.8 Å². The average Bonchev–Trinajstić information content (AvgIpc) is 2.41. The van der Waals surface area contributed by atoms with E-state index in [1.54, 1.807) is 24.3 Å². The first-order valence-corrected chi connectivity index (χ1v) is 8.26. The Labute approximate surface area is 125 Å². The van der Waals surface area contributed by atoms with Gasteiger partial charge in [-0.05, 0) is 30.2 Å². The predicted molar refractivity (Wildman–Crippen MR) is 79.6 cm³/mol. The van der Waals surface area contributed by atoms with Crippen LogP contribution in [0.15, 0.2) is 24.3 Å². The molecular formula is C14H21NO5S. The third kappa shape index (κ3) is 6.14. The number of rotatable bonds is 7. The van der Waals surface area contributed by atoms with E-state index in [-0.39, 0.29) is 24.2 Å². The molecule has 0 aromatic heterocycles. The van der Waals surface area contributed by atoms with Crippen LogP contribution in [0.2, 0.25) is 0 Å². The molecule has 0 aliphatic rings. The van der Waals surface area contributed by atoms with Crippen LogP contribution >= 0.6 is 0 Å². The zero-order valence-electron chi connectivity index (χ0n) is 12.4. The highest BCUT2D eigenvalue weighted by atomic mass is 32.2. The van der Waals surface area contributed by atoms with Crippen molar-refractivity contribution in [2.45, 2.75) is 13.8 Å². The third-order valence-electron chi connectivity index (χ3n) is 3.13. The number of nitrogens with two attached hydrogens (primary N) is 1. The van der Waals surface area contributed by atoms with Gasteiger partial charge in [-0.15, -0.1) is 0 Å². The van der Waals surface area contributed by atoms with E-state index < -0.39 is 16.0 Å². The SMILES string of the molecule is COC(=O)c1ccc(OCC(CS(N)(=O)=O)C(C)C)cc1. The molecule has 118 valence electrons. The zero-order valence-corrected chi connectivity index (χ0v) is 13.2. The molecule has 0 spiro atoms. The van der Waals surface area contributed by atoms with Gasteiger partial charge in [0.05, 0.1) is 25.0 Å². The number of benzene rings is 1. The fourth-order valence-electron chi connectivity index (χ4n) is 1.74. The molecule has 0 saturated carbocycles. The van der Waals surface area contributed by atoms with Gasteiger partial charge in [-0.1, -0.05) is 13.8 Å². The number of hydrogen-bond donors (Lipinski definition) is 1. The molecule has 1 aromatic rings. The number of methoxy groups -OCH3 is 1. The number of primary sulfonamides is 1. The number of carbonyl (C=O) groups is 1. The minimum atomic E-state index is -3.54. The Morgan fingerprint density at radius 1 is 1.24 bits per heavy atom. The van der Waals surface area contributed by atoms with E-state index in [2.05, 4.69) is 4.74 Å². The van der Waals surface area contributed by atoms with Gasteiger partial charge in [0, 0.05) is 5.92 Å². The van der Waals surface area contributed by atoms with Crippen LogP contribution < -0.4 is 9.88 Å². The van der Waals surface area contributed by atoms with E-state index in [1.807, 2.05) is 13.8 Å². The predicted octanol–water partition coefficient (Wildman–Crippen LogP) is 1.41. The molecule has 6 nitrogen and oxygen atoms in total. The molecule has 1 aromatic carbocycles. The highest BCUT2D eigenvalue weighted by Gasteiger charge is 2.20. The molecule has 0 aliphatic heterocycles. The Kier molecular flexibility index (Phi) is 6.17. The summed E-state index contributed by atoms with van der Waals surface area (Å²) < 4.78 is 32.5. The quantitative estimate of drug-likeness (QED) is 0.768. The summed E-state index contributed by atoms with van der Waals surface area (Å²) in [5.74, 6) is -0.0539. The minimum absolute atomic E-state index is 0.120. The lowest BCUT2D eigenvalue weighted by Crippen LogP contribution is -2.30. The second kappa shape index (κ2) is 7.42. The second-order valence-electron chi connectivity index (χ2n) is 5.16. The second-order valence-corrected chi connectivity index (χ2v) is 6.82. The molecule has 1 unspecified atom stereocenters. The summed E-state index contributed by atoms with van der Waals surface area (Å²) in [6.45, 7) is 4.07. The Morgan fingerprint density at radius 3 is 2.24 bits per heavy atom. The third-order valence-corrected chi connectivity index (χ3v) is 4.02. The minimum Gasteiger partial charge on any atom is -0.493 e. The van der Waals surface area contributed by atoms with E-state index in [9.17, 15) is 13.2 Å². The molecule has 0 bridgehead atoms. The fourth-order valence-corrected chi connectivity index (χ4v) is 2.82. The van der Waals surface area contributed by atoms with Gasteiger partial charge in [0.15, 0.2) is 0 Å². The largest absolute Gasteiger partial charge is 0.493 e. The Hall–Kier alpha value is -1.60. The maximum atomic E-state index is 11.3. The highest BCUT2D eigenvalue weighted by molar-refractivity contribution is 7.89. The molecule has 0 radical (unpaired) electrons. The van der Waals surface area contributed by atoms with Crippen molar-refractivity contribution in [3.05, 3.63) is 29.8 Å². The molecule has 0 amide bonds. The Morgan fingerprint density at radius 2 is 1.81 bits per heavy atom. The molecule has 1 atom stereocenters. The Bertz CT molecular complexity index is 566. The monoisotopic (exact) mass is 315 g/mol. The van der Waals surface area contributed by atoms with Crippen molar-refractivity contribution in [3.63, 3.8) is 0 Å². The summed E-state index contributed by atoms with van der Waals surface area (Å²) in [7, 11) is -2.22. The molecular weight excluding hydrogens is 294 g/mol. The van der Waals surface area contributed by atoms with E-state index in [0.717, 1.165) is 0 Å². The van der Waals surface area contributed by atoms with E-state index >= 15 is 0 Å². The molecule has 0 fully saturated rings. The van der Waals surface area contributed by atoms with Crippen LogP contribution in [0.4, 0.5) is 0 Å². The van der Waals surface area contributed by atoms with Crippen LogP contribution in [0.25, 0.3) is 0 Å². The smallest absolute Gasteiger partial charge is 0.337 e. The number of esters is 1. The van der Waals surface area contributed by atoms with Gasteiger partial charge >= 0.3 is 5.97 Å². The summed E-state index contributed by atoms with van der Waals surface area (Å²) in [5.41, 5.74) is 0.426. The van der Waals surface area contributed by atoms with Crippen LogP contribution in [0.1, 0.15) is 24.2 Å². The molecule has 0 saturated heterocycles. The normalized spacial score (nSPS) is 13.0. The number of hydrogen-bond acceptors (Lipinski definition) is 5. The fraction of sp³-hybridized carbons (Fsp3) is 0.500. The van der Waals surface area contributed by atoms with Crippen molar-refractivity contribution in [1.29, 1.82) is 0 Å². The van der Waals surface area contributed by atoms with E-state index in [4.69, 9.17) is 9.88 Å². The van der Waals surface area contributed by atoms with Crippen LogP contribution in [-0.2, 0) is 14.8 Å². The lowest BCUT2D eigenvalue weighted by atomic mass is 9.99. The van der Waals surface area contributed by atoms with Crippen molar-refractivity contribution < 1.29 is 22.7 Å². The van der Waals surface area contributed by atoms with E-state index in [0.29, 0.717) is 11.3 Å². The van der Waals surface area contributed by atoms with Crippen molar-refractivity contribution in [3.8, 4) is 5.75 Å². The molecule has 7 heteroatoms. The van der Waals surface area contributed by atoms with Crippen molar-refractivity contribution >= 4 is 16.0 Å². The summed E-state index contributed by atoms with van der Waals surface area (Å²) >= 11 is 0. The molecule has 21 heavy (non-hydrogen) atoms. The standard InChI is InChI=1S/C14H21NO5S/c1-10(2)12(9-21(15,17)18)8-20-13-6-4-11(5-7-13)14(16)19-3/h4-7,10,12H,8-9H2,1-3H3,(H2,15,17,18). The van der Waals surface area contributed by atoms with Gasteiger partial charge in [-0.3, -0.25) is 0 Å². The van der Waals surface area contributed by atoms with Gasteiger partial charge in [0.25, 0.3) is 0 Å². The molecule has 1 rings (SSSR count). The zero-order chi connectivity index (χ0) is 16.0. The molecule has 2 N–H and O–H groups in total. The summed E-state index contributed by atoms with van der Waals surface area (Å²) in [5, 5.41) is 5.08. The van der Waals surface area contributed by atoms with Gasteiger partial charge < -0.3 is 9.47 Å². The topological polar surface area (TPSA) is 95.7 Å². The summed E-state index contributed by atoms with van der Waals surface area (Å²) in [4.78, 5) is 11.3. The van der Waals surface area contributed by atoms with Crippen molar-refractivity contribution in [1.82, 2.24) is 0 Å². The number of carbonyl (C=O) groups excluding carboxylic acids is 1. The van der Waals surface area contributed by atoms with Crippen molar-refractivity contribution in [2.75, 3.05) is 19.5 Å². The molecule has 0 heterocycles. The average molecular weight is 315 g/mol. The van der Waals surface area contributed by atoms with Gasteiger partial charge in [-0.25, -0.2) is 18.4 Å². The maximum absolute atomic E-state index is 11.3. The number of ether oxygens (including phenoxy) is 2. The first kappa shape index (κ1) is 17.5. The van der Waals surface area contributed by atoms with Crippen LogP contribution in [0.3, 0.4) is 0 Å².